The van der Waals surface area contributed by atoms with Crippen molar-refractivity contribution in [3.63, 3.8) is 0 Å². The normalized spacial score (nSPS) is 11.6. The molecule has 2 N–H and O–H groups in total. The highest BCUT2D eigenvalue weighted by Gasteiger charge is 2.13. The Morgan fingerprint density at radius 3 is 2.06 bits per heavy atom. The zero-order chi connectivity index (χ0) is 13.9. The fraction of sp³-hybridized carbons (Fsp3) is 0.364. The van der Waals surface area contributed by atoms with Crippen molar-refractivity contribution in [2.75, 3.05) is 32.6 Å². The molecule has 100 valence electrons. The van der Waals surface area contributed by atoms with E-state index in [-0.39, 0.29) is 17.3 Å². The minimum atomic E-state index is -3.70. The molecule has 0 radical (unpaired) electrons. The molecule has 1 amide bonds. The summed E-state index contributed by atoms with van der Waals surface area (Å²) in [6.07, 6.45) is 0. The summed E-state index contributed by atoms with van der Waals surface area (Å²) < 4.78 is 22.2. The van der Waals surface area contributed by atoms with E-state index in [2.05, 4.69) is 0 Å². The molecule has 1 rings (SSSR count). The van der Waals surface area contributed by atoms with E-state index in [0.717, 1.165) is 0 Å². The molecule has 0 saturated heterocycles. The molecular formula is C11H17N3O3S. The average molecular weight is 271 g/mol. The number of rotatable bonds is 4. The topological polar surface area (TPSA) is 83.7 Å². The summed E-state index contributed by atoms with van der Waals surface area (Å²) in [4.78, 5) is 15.0. The number of sulfonamides is 1. The van der Waals surface area contributed by atoms with Gasteiger partial charge in [-0.1, -0.05) is 0 Å². The van der Waals surface area contributed by atoms with Gasteiger partial charge in [0.05, 0.1) is 11.4 Å². The Bertz CT molecular complexity index is 523. The first-order chi connectivity index (χ1) is 8.21. The Labute approximate surface area is 107 Å². The first-order valence-corrected chi connectivity index (χ1v) is 6.80. The molecule has 7 heteroatoms. The van der Waals surface area contributed by atoms with Gasteiger partial charge in [-0.2, -0.15) is 0 Å². The van der Waals surface area contributed by atoms with Crippen LogP contribution in [0.3, 0.4) is 0 Å². The molecule has 1 aromatic rings. The van der Waals surface area contributed by atoms with Gasteiger partial charge in [-0.15, -0.1) is 0 Å². The van der Waals surface area contributed by atoms with Crippen LogP contribution in [0.15, 0.2) is 29.2 Å². The summed E-state index contributed by atoms with van der Waals surface area (Å²) in [5.41, 5.74) is 0.620. The van der Waals surface area contributed by atoms with Crippen LogP contribution in [-0.2, 0) is 14.8 Å². The molecule has 0 aliphatic carbocycles. The van der Waals surface area contributed by atoms with Crippen molar-refractivity contribution < 1.29 is 13.2 Å². The maximum absolute atomic E-state index is 11.8. The van der Waals surface area contributed by atoms with Crippen LogP contribution in [0.4, 0.5) is 5.69 Å². The Hall–Kier alpha value is -1.44. The van der Waals surface area contributed by atoms with Gasteiger partial charge in [0.25, 0.3) is 0 Å². The van der Waals surface area contributed by atoms with Crippen LogP contribution in [0.1, 0.15) is 0 Å². The summed E-state index contributed by atoms with van der Waals surface area (Å²) in [7, 11) is 1.54. The molecule has 0 heterocycles. The number of hydrogen-bond acceptors (Lipinski definition) is 4. The van der Waals surface area contributed by atoms with Crippen LogP contribution < -0.4 is 10.0 Å². The third kappa shape index (κ3) is 3.80. The molecule has 0 bridgehead atoms. The van der Waals surface area contributed by atoms with Crippen LogP contribution in [-0.4, -0.2) is 46.9 Å². The van der Waals surface area contributed by atoms with Gasteiger partial charge < -0.3 is 9.80 Å². The maximum atomic E-state index is 11.8. The molecule has 0 fully saturated rings. The number of carbonyl (C=O) groups is 1. The Morgan fingerprint density at radius 1 is 1.17 bits per heavy atom. The van der Waals surface area contributed by atoms with Gasteiger partial charge in [0.1, 0.15) is 0 Å². The maximum Gasteiger partial charge on any atom is 0.240 e. The molecule has 0 aromatic heterocycles. The lowest BCUT2D eigenvalue weighted by Crippen LogP contribution is -2.35. The minimum absolute atomic E-state index is 0.0275. The van der Waals surface area contributed by atoms with Gasteiger partial charge in [0.2, 0.25) is 15.9 Å². The third-order valence-corrected chi connectivity index (χ3v) is 3.31. The lowest BCUT2D eigenvalue weighted by molar-refractivity contribution is -0.118. The second-order valence-electron chi connectivity index (χ2n) is 4.23. The van der Waals surface area contributed by atoms with Gasteiger partial charge in [-0.05, 0) is 38.4 Å². The molecule has 0 atom stereocenters. The fourth-order valence-corrected chi connectivity index (χ4v) is 1.90. The van der Waals surface area contributed by atoms with Crippen molar-refractivity contribution in [2.24, 2.45) is 5.14 Å². The van der Waals surface area contributed by atoms with Crippen LogP contribution in [0.2, 0.25) is 0 Å². The van der Waals surface area contributed by atoms with Crippen molar-refractivity contribution in [2.45, 2.75) is 4.90 Å². The summed E-state index contributed by atoms with van der Waals surface area (Å²) in [6, 6.07) is 5.86. The smallest absolute Gasteiger partial charge is 0.240 e. The largest absolute Gasteiger partial charge is 0.314 e. The molecular weight excluding hydrogens is 254 g/mol. The summed E-state index contributed by atoms with van der Waals surface area (Å²) in [5.74, 6) is -0.0802. The fourth-order valence-electron chi connectivity index (χ4n) is 1.38. The highest BCUT2D eigenvalue weighted by atomic mass is 32.2. The van der Waals surface area contributed by atoms with E-state index in [1.54, 1.807) is 38.2 Å². The number of carbonyl (C=O) groups excluding carboxylic acids is 1. The SMILES string of the molecule is CN(C)CC(=O)N(C)c1ccc(S(N)(=O)=O)cc1. The number of nitrogens with zero attached hydrogens (tertiary/aromatic N) is 2. The Morgan fingerprint density at radius 2 is 1.67 bits per heavy atom. The molecule has 18 heavy (non-hydrogen) atoms. The predicted molar refractivity (Wildman–Crippen MR) is 69.8 cm³/mol. The van der Waals surface area contributed by atoms with E-state index in [9.17, 15) is 13.2 Å². The van der Waals surface area contributed by atoms with Crippen molar-refractivity contribution in [1.29, 1.82) is 0 Å². The zero-order valence-electron chi connectivity index (χ0n) is 10.6. The first kappa shape index (κ1) is 14.6. The van der Waals surface area contributed by atoms with E-state index in [0.29, 0.717) is 5.69 Å². The summed E-state index contributed by atoms with van der Waals surface area (Å²) in [5, 5.41) is 4.99. The quantitative estimate of drug-likeness (QED) is 0.826. The third-order valence-electron chi connectivity index (χ3n) is 2.38. The Balaban J connectivity index is 2.89. The van der Waals surface area contributed by atoms with E-state index in [4.69, 9.17) is 5.14 Å². The van der Waals surface area contributed by atoms with E-state index in [1.165, 1.54) is 17.0 Å². The van der Waals surface area contributed by atoms with Gasteiger partial charge in [-0.3, -0.25) is 4.79 Å². The number of nitrogens with two attached hydrogens (primary N) is 1. The lowest BCUT2D eigenvalue weighted by Gasteiger charge is -2.19. The van der Waals surface area contributed by atoms with Gasteiger partial charge in [0, 0.05) is 12.7 Å². The van der Waals surface area contributed by atoms with Crippen LogP contribution in [0, 0.1) is 0 Å². The molecule has 0 saturated carbocycles. The summed E-state index contributed by atoms with van der Waals surface area (Å²) >= 11 is 0. The molecule has 1 aromatic carbocycles. The summed E-state index contributed by atoms with van der Waals surface area (Å²) in [6.45, 7) is 0.285. The molecule has 0 aliphatic rings. The standard InChI is InChI=1S/C11H17N3O3S/c1-13(2)8-11(15)14(3)9-4-6-10(7-5-9)18(12,16)17/h4-7H,8H2,1-3H3,(H2,12,16,17). The zero-order valence-corrected chi connectivity index (χ0v) is 11.4. The van der Waals surface area contributed by atoms with Gasteiger partial charge in [-0.25, -0.2) is 13.6 Å². The second kappa shape index (κ2) is 5.47. The molecule has 0 unspecified atom stereocenters. The van der Waals surface area contributed by atoms with Crippen molar-refractivity contribution >= 4 is 21.6 Å². The van der Waals surface area contributed by atoms with Crippen LogP contribution in [0.25, 0.3) is 0 Å². The lowest BCUT2D eigenvalue weighted by atomic mass is 10.3. The highest BCUT2D eigenvalue weighted by molar-refractivity contribution is 7.89. The average Bonchev–Trinajstić information content (AvgIpc) is 2.26. The van der Waals surface area contributed by atoms with E-state index in [1.807, 2.05) is 0 Å². The number of primary sulfonamides is 1. The highest BCUT2D eigenvalue weighted by Crippen LogP contribution is 2.16. The van der Waals surface area contributed by atoms with Gasteiger partial charge >= 0.3 is 0 Å². The van der Waals surface area contributed by atoms with Crippen molar-refractivity contribution in [1.82, 2.24) is 4.90 Å². The van der Waals surface area contributed by atoms with Gasteiger partial charge in [0.15, 0.2) is 0 Å². The monoisotopic (exact) mass is 271 g/mol. The number of anilines is 1. The number of amides is 1. The minimum Gasteiger partial charge on any atom is -0.314 e. The van der Waals surface area contributed by atoms with Crippen LogP contribution in [0.5, 0.6) is 0 Å². The number of hydrogen-bond donors (Lipinski definition) is 1. The predicted octanol–water partition coefficient (Wildman–Crippen LogP) is -0.142. The van der Waals surface area contributed by atoms with E-state index >= 15 is 0 Å². The molecule has 0 spiro atoms. The van der Waals surface area contributed by atoms with Crippen molar-refractivity contribution in [3.05, 3.63) is 24.3 Å². The first-order valence-electron chi connectivity index (χ1n) is 5.26. The Kier molecular flexibility index (Phi) is 4.44. The number of likely N-dealkylation sites (N-methyl/N-ethyl adjacent to an activating group) is 2. The molecule has 6 nitrogen and oxygen atoms in total. The number of benzene rings is 1. The second-order valence-corrected chi connectivity index (χ2v) is 5.79. The van der Waals surface area contributed by atoms with Crippen LogP contribution >= 0.6 is 0 Å². The van der Waals surface area contributed by atoms with Crippen molar-refractivity contribution in [3.8, 4) is 0 Å². The molecule has 0 aliphatic heterocycles. The van der Waals surface area contributed by atoms with E-state index < -0.39 is 10.0 Å².